The normalized spacial score (nSPS) is 10.5. The number of nitro groups is 1. The van der Waals surface area contributed by atoms with E-state index in [2.05, 4.69) is 10.3 Å². The first-order valence-corrected chi connectivity index (χ1v) is 4.44. The molecule has 6 nitrogen and oxygen atoms in total. The summed E-state index contributed by atoms with van der Waals surface area (Å²) in [5, 5.41) is 13.4. The highest BCUT2D eigenvalue weighted by atomic mass is 16.6. The highest BCUT2D eigenvalue weighted by molar-refractivity contribution is 5.55. The summed E-state index contributed by atoms with van der Waals surface area (Å²) in [6, 6.07) is 2.93. The standard InChI is InChI=1S/C9H12N4O2/c10-5-1-2-6-11-9-8(13(14)15)4-3-7-12-9/h1-4,7H,5-6,10H2,(H,11,12)/b2-1+. The van der Waals surface area contributed by atoms with E-state index in [1.165, 1.54) is 18.3 Å². The van der Waals surface area contributed by atoms with Gasteiger partial charge in [-0.05, 0) is 6.07 Å². The van der Waals surface area contributed by atoms with Crippen molar-refractivity contribution in [1.82, 2.24) is 4.98 Å². The second kappa shape index (κ2) is 5.71. The van der Waals surface area contributed by atoms with E-state index in [4.69, 9.17) is 5.73 Å². The molecule has 0 atom stereocenters. The van der Waals surface area contributed by atoms with Gasteiger partial charge in [-0.2, -0.15) is 0 Å². The maximum Gasteiger partial charge on any atom is 0.311 e. The van der Waals surface area contributed by atoms with Crippen LogP contribution in [0.4, 0.5) is 11.5 Å². The van der Waals surface area contributed by atoms with Crippen LogP contribution in [0, 0.1) is 10.1 Å². The van der Waals surface area contributed by atoms with Crippen LogP contribution >= 0.6 is 0 Å². The summed E-state index contributed by atoms with van der Waals surface area (Å²) >= 11 is 0. The largest absolute Gasteiger partial charge is 0.361 e. The minimum absolute atomic E-state index is 0.0290. The van der Waals surface area contributed by atoms with Gasteiger partial charge in [0.2, 0.25) is 5.82 Å². The van der Waals surface area contributed by atoms with E-state index >= 15 is 0 Å². The van der Waals surface area contributed by atoms with Gasteiger partial charge in [-0.3, -0.25) is 10.1 Å². The quantitative estimate of drug-likeness (QED) is 0.426. The molecule has 0 spiro atoms. The van der Waals surface area contributed by atoms with Crippen molar-refractivity contribution in [3.63, 3.8) is 0 Å². The van der Waals surface area contributed by atoms with E-state index < -0.39 is 4.92 Å². The Balaban J connectivity index is 2.67. The Kier molecular flexibility index (Phi) is 4.24. The third-order valence-electron chi connectivity index (χ3n) is 1.67. The molecule has 1 rings (SSSR count). The van der Waals surface area contributed by atoms with E-state index in [0.717, 1.165) is 0 Å². The third kappa shape index (κ3) is 3.35. The molecule has 0 fully saturated rings. The molecule has 80 valence electrons. The molecule has 0 aliphatic carbocycles. The third-order valence-corrected chi connectivity index (χ3v) is 1.67. The fourth-order valence-electron chi connectivity index (χ4n) is 1.02. The van der Waals surface area contributed by atoms with Gasteiger partial charge in [-0.15, -0.1) is 0 Å². The smallest absolute Gasteiger partial charge is 0.311 e. The molecule has 1 aromatic heterocycles. The van der Waals surface area contributed by atoms with Crippen LogP contribution < -0.4 is 11.1 Å². The van der Waals surface area contributed by atoms with E-state index in [9.17, 15) is 10.1 Å². The number of nitrogens with zero attached hydrogens (tertiary/aromatic N) is 2. The lowest BCUT2D eigenvalue weighted by molar-refractivity contribution is -0.384. The highest BCUT2D eigenvalue weighted by Gasteiger charge is 2.12. The lowest BCUT2D eigenvalue weighted by Crippen LogP contribution is -2.04. The maximum atomic E-state index is 10.6. The average Bonchev–Trinajstić information content (AvgIpc) is 2.25. The molecular formula is C9H12N4O2. The number of aromatic nitrogens is 1. The van der Waals surface area contributed by atoms with Crippen LogP contribution in [0.2, 0.25) is 0 Å². The highest BCUT2D eigenvalue weighted by Crippen LogP contribution is 2.19. The maximum absolute atomic E-state index is 10.6. The van der Waals surface area contributed by atoms with Crippen molar-refractivity contribution in [2.45, 2.75) is 0 Å². The van der Waals surface area contributed by atoms with Crippen LogP contribution in [0.25, 0.3) is 0 Å². The van der Waals surface area contributed by atoms with Crippen LogP contribution in [0.5, 0.6) is 0 Å². The molecule has 15 heavy (non-hydrogen) atoms. The number of nitrogens with one attached hydrogen (secondary N) is 1. The molecule has 0 radical (unpaired) electrons. The number of hydrogen-bond donors (Lipinski definition) is 2. The number of anilines is 1. The van der Waals surface area contributed by atoms with Gasteiger partial charge in [0.1, 0.15) is 0 Å². The number of pyridine rings is 1. The first-order chi connectivity index (χ1) is 7.25. The van der Waals surface area contributed by atoms with Crippen molar-refractivity contribution in [1.29, 1.82) is 0 Å². The second-order valence-corrected chi connectivity index (χ2v) is 2.72. The van der Waals surface area contributed by atoms with Crippen LogP contribution in [0.1, 0.15) is 0 Å². The second-order valence-electron chi connectivity index (χ2n) is 2.72. The topological polar surface area (TPSA) is 94.1 Å². The van der Waals surface area contributed by atoms with Crippen LogP contribution in [0.15, 0.2) is 30.5 Å². The van der Waals surface area contributed by atoms with E-state index in [1.807, 2.05) is 0 Å². The van der Waals surface area contributed by atoms with Gasteiger partial charge in [0.05, 0.1) is 4.92 Å². The Morgan fingerprint density at radius 3 is 3.07 bits per heavy atom. The molecular weight excluding hydrogens is 196 g/mol. The summed E-state index contributed by atoms with van der Waals surface area (Å²) in [7, 11) is 0. The summed E-state index contributed by atoms with van der Waals surface area (Å²) in [5.41, 5.74) is 5.22. The summed E-state index contributed by atoms with van der Waals surface area (Å²) in [4.78, 5) is 14.0. The van der Waals surface area contributed by atoms with Gasteiger partial charge >= 0.3 is 5.69 Å². The van der Waals surface area contributed by atoms with Crippen molar-refractivity contribution < 1.29 is 4.92 Å². The number of rotatable bonds is 5. The fraction of sp³-hybridized carbons (Fsp3) is 0.222. The molecule has 0 aromatic carbocycles. The van der Waals surface area contributed by atoms with Gasteiger partial charge in [-0.25, -0.2) is 4.98 Å². The molecule has 0 aliphatic heterocycles. The molecule has 6 heteroatoms. The summed E-state index contributed by atoms with van der Waals surface area (Å²) in [5.74, 6) is 0.268. The van der Waals surface area contributed by atoms with Gasteiger partial charge in [0.15, 0.2) is 0 Å². The molecule has 0 unspecified atom stereocenters. The Morgan fingerprint density at radius 2 is 2.40 bits per heavy atom. The van der Waals surface area contributed by atoms with E-state index in [0.29, 0.717) is 13.1 Å². The van der Waals surface area contributed by atoms with Gasteiger partial charge < -0.3 is 11.1 Å². The Bertz CT molecular complexity index is 365. The summed E-state index contributed by atoms with van der Waals surface area (Å²) in [6.07, 6.45) is 5.06. The minimum Gasteiger partial charge on any atom is -0.361 e. The van der Waals surface area contributed by atoms with Crippen molar-refractivity contribution in [2.75, 3.05) is 18.4 Å². The first kappa shape index (κ1) is 11.1. The van der Waals surface area contributed by atoms with Crippen LogP contribution in [-0.2, 0) is 0 Å². The average molecular weight is 208 g/mol. The zero-order valence-electron chi connectivity index (χ0n) is 8.09. The molecule has 0 bridgehead atoms. The molecule has 0 aliphatic rings. The molecule has 1 heterocycles. The monoisotopic (exact) mass is 208 g/mol. The van der Waals surface area contributed by atoms with Crippen LogP contribution in [0.3, 0.4) is 0 Å². The molecule has 0 saturated heterocycles. The van der Waals surface area contributed by atoms with Crippen LogP contribution in [-0.4, -0.2) is 23.0 Å². The molecule has 3 N–H and O–H groups in total. The van der Waals surface area contributed by atoms with Gasteiger partial charge in [0, 0.05) is 25.4 Å². The molecule has 0 amide bonds. The van der Waals surface area contributed by atoms with E-state index in [-0.39, 0.29) is 11.5 Å². The lowest BCUT2D eigenvalue weighted by Gasteiger charge is -2.02. The SMILES string of the molecule is NC/C=C/CNc1ncccc1[N+](=O)[O-]. The Morgan fingerprint density at radius 1 is 1.60 bits per heavy atom. The summed E-state index contributed by atoms with van der Waals surface area (Å²) in [6.45, 7) is 0.918. The lowest BCUT2D eigenvalue weighted by atomic mass is 10.4. The Hall–Kier alpha value is -1.95. The van der Waals surface area contributed by atoms with Gasteiger partial charge in [0.25, 0.3) is 0 Å². The van der Waals surface area contributed by atoms with Crippen molar-refractivity contribution >= 4 is 11.5 Å². The zero-order chi connectivity index (χ0) is 11.1. The number of nitrogens with two attached hydrogens (primary N) is 1. The van der Waals surface area contributed by atoms with Crippen molar-refractivity contribution in [3.8, 4) is 0 Å². The fourth-order valence-corrected chi connectivity index (χ4v) is 1.02. The first-order valence-electron chi connectivity index (χ1n) is 4.44. The van der Waals surface area contributed by atoms with Crippen molar-refractivity contribution in [3.05, 3.63) is 40.6 Å². The van der Waals surface area contributed by atoms with Gasteiger partial charge in [-0.1, -0.05) is 12.2 Å². The number of hydrogen-bond acceptors (Lipinski definition) is 5. The predicted molar refractivity (Wildman–Crippen MR) is 57.6 cm³/mol. The molecule has 1 aromatic rings. The summed E-state index contributed by atoms with van der Waals surface area (Å²) < 4.78 is 0. The molecule has 0 saturated carbocycles. The van der Waals surface area contributed by atoms with E-state index in [1.54, 1.807) is 12.2 Å². The zero-order valence-corrected chi connectivity index (χ0v) is 8.09. The Labute approximate surface area is 87.0 Å². The van der Waals surface area contributed by atoms with Crippen molar-refractivity contribution in [2.24, 2.45) is 5.73 Å². The predicted octanol–water partition coefficient (Wildman–Crippen LogP) is 0.917. The minimum atomic E-state index is -0.470.